The lowest BCUT2D eigenvalue weighted by atomic mass is 9.89. The fourth-order valence-corrected chi connectivity index (χ4v) is 5.03. The van der Waals surface area contributed by atoms with E-state index in [1.54, 1.807) is 0 Å². The predicted octanol–water partition coefficient (Wildman–Crippen LogP) is 3.24. The first-order valence-corrected chi connectivity index (χ1v) is 9.11. The first kappa shape index (κ1) is 17.4. The van der Waals surface area contributed by atoms with Crippen LogP contribution < -0.4 is 4.72 Å². The summed E-state index contributed by atoms with van der Waals surface area (Å²) in [6.07, 6.45) is -0.196. The van der Waals surface area contributed by atoms with Crippen LogP contribution in [0.4, 0.5) is 0 Å². The van der Waals surface area contributed by atoms with Gasteiger partial charge in [0.25, 0.3) is 0 Å². The van der Waals surface area contributed by atoms with Gasteiger partial charge in [-0.3, -0.25) is 0 Å². The van der Waals surface area contributed by atoms with E-state index < -0.39 is 16.1 Å². The van der Waals surface area contributed by atoms with Crippen molar-refractivity contribution in [2.45, 2.75) is 37.5 Å². The van der Waals surface area contributed by atoms with Crippen LogP contribution in [0.1, 0.15) is 27.2 Å². The summed E-state index contributed by atoms with van der Waals surface area (Å²) < 4.78 is 27.1. The fraction of sp³-hybridized carbons (Fsp3) is 0.636. The third-order valence-electron chi connectivity index (χ3n) is 2.24. The standard InChI is InChI=1S/C11H17BrClNO3S2/c1-11(2,3)5-7(15)6-14-19(16,17)9-4-8(13)10(12)18-9/h4,7,14-15H,5-6H2,1-3H3. The van der Waals surface area contributed by atoms with Gasteiger partial charge in [0.05, 0.1) is 14.9 Å². The van der Waals surface area contributed by atoms with E-state index in [4.69, 9.17) is 11.6 Å². The Hall–Kier alpha value is 0.340. The largest absolute Gasteiger partial charge is 0.392 e. The van der Waals surface area contributed by atoms with Crippen LogP contribution in [0.25, 0.3) is 0 Å². The number of halogens is 2. The maximum atomic E-state index is 12.0. The highest BCUT2D eigenvalue weighted by Crippen LogP contribution is 2.34. The molecule has 19 heavy (non-hydrogen) atoms. The van der Waals surface area contributed by atoms with E-state index in [1.807, 2.05) is 20.8 Å². The Morgan fingerprint density at radius 2 is 2.11 bits per heavy atom. The molecule has 0 spiro atoms. The van der Waals surface area contributed by atoms with Crippen molar-refractivity contribution in [1.29, 1.82) is 0 Å². The number of aliphatic hydroxyl groups excluding tert-OH is 1. The van der Waals surface area contributed by atoms with Gasteiger partial charge in [-0.05, 0) is 33.8 Å². The van der Waals surface area contributed by atoms with E-state index >= 15 is 0 Å². The highest BCUT2D eigenvalue weighted by molar-refractivity contribution is 9.11. The quantitative estimate of drug-likeness (QED) is 0.811. The van der Waals surface area contributed by atoms with Crippen molar-refractivity contribution in [3.8, 4) is 0 Å². The molecule has 0 bridgehead atoms. The minimum Gasteiger partial charge on any atom is -0.392 e. The van der Waals surface area contributed by atoms with Crippen LogP contribution in [0.5, 0.6) is 0 Å². The Morgan fingerprint density at radius 1 is 1.53 bits per heavy atom. The smallest absolute Gasteiger partial charge is 0.250 e. The minimum absolute atomic E-state index is 0.00720. The zero-order chi connectivity index (χ0) is 14.8. The maximum absolute atomic E-state index is 12.0. The molecule has 0 aliphatic rings. The lowest BCUT2D eigenvalue weighted by Gasteiger charge is -2.22. The van der Waals surface area contributed by atoms with Gasteiger partial charge < -0.3 is 5.11 Å². The van der Waals surface area contributed by atoms with Crippen molar-refractivity contribution in [3.05, 3.63) is 14.9 Å². The molecule has 1 atom stereocenters. The molecule has 1 heterocycles. The van der Waals surface area contributed by atoms with Crippen LogP contribution in [0.2, 0.25) is 5.02 Å². The lowest BCUT2D eigenvalue weighted by Crippen LogP contribution is -2.33. The summed E-state index contributed by atoms with van der Waals surface area (Å²) in [6, 6.07) is 1.38. The number of thiophene rings is 1. The second-order valence-electron chi connectivity index (χ2n) is 5.46. The summed E-state index contributed by atoms with van der Waals surface area (Å²) in [4.78, 5) is 0. The van der Waals surface area contributed by atoms with E-state index in [2.05, 4.69) is 20.7 Å². The molecule has 4 nitrogen and oxygen atoms in total. The van der Waals surface area contributed by atoms with Crippen LogP contribution >= 0.6 is 38.9 Å². The third kappa shape index (κ3) is 5.69. The number of aliphatic hydroxyl groups is 1. The Kier molecular flexibility index (Phi) is 5.86. The molecule has 2 N–H and O–H groups in total. The molecule has 0 radical (unpaired) electrons. The van der Waals surface area contributed by atoms with Crippen molar-refractivity contribution in [3.63, 3.8) is 0 Å². The lowest BCUT2D eigenvalue weighted by molar-refractivity contribution is 0.125. The molecule has 0 aliphatic carbocycles. The SMILES string of the molecule is CC(C)(C)CC(O)CNS(=O)(=O)c1cc(Cl)c(Br)s1. The molecule has 8 heteroatoms. The number of hydrogen-bond acceptors (Lipinski definition) is 4. The molecular formula is C11H17BrClNO3S2. The molecular weight excluding hydrogens is 374 g/mol. The fourth-order valence-electron chi connectivity index (χ4n) is 1.52. The van der Waals surface area contributed by atoms with Gasteiger partial charge in [-0.25, -0.2) is 13.1 Å². The van der Waals surface area contributed by atoms with Gasteiger partial charge >= 0.3 is 0 Å². The molecule has 0 aliphatic heterocycles. The molecule has 1 unspecified atom stereocenters. The summed E-state index contributed by atoms with van der Waals surface area (Å²) in [5.41, 5.74) is -0.0554. The van der Waals surface area contributed by atoms with Gasteiger partial charge in [-0.2, -0.15) is 0 Å². The van der Waals surface area contributed by atoms with Gasteiger partial charge in [0.2, 0.25) is 10.0 Å². The molecule has 0 fully saturated rings. The van der Waals surface area contributed by atoms with Crippen LogP contribution in [-0.2, 0) is 10.0 Å². The van der Waals surface area contributed by atoms with Gasteiger partial charge in [0.1, 0.15) is 4.21 Å². The summed E-state index contributed by atoms with van der Waals surface area (Å²) >= 11 is 10.0. The van der Waals surface area contributed by atoms with Gasteiger partial charge in [-0.1, -0.05) is 32.4 Å². The van der Waals surface area contributed by atoms with E-state index in [0.29, 0.717) is 15.2 Å². The molecule has 1 aromatic heterocycles. The summed E-state index contributed by atoms with van der Waals surface area (Å²) in [6.45, 7) is 5.95. The minimum atomic E-state index is -3.62. The van der Waals surface area contributed by atoms with Crippen molar-refractivity contribution >= 4 is 48.9 Å². The zero-order valence-corrected chi connectivity index (χ0v) is 14.9. The highest BCUT2D eigenvalue weighted by atomic mass is 79.9. The van der Waals surface area contributed by atoms with Crippen LogP contribution in [0, 0.1) is 5.41 Å². The molecule has 1 rings (SSSR count). The van der Waals surface area contributed by atoms with Crippen LogP contribution in [0.15, 0.2) is 14.1 Å². The molecule has 0 amide bonds. The van der Waals surface area contributed by atoms with Gasteiger partial charge in [0, 0.05) is 6.54 Å². The van der Waals surface area contributed by atoms with Gasteiger partial charge in [0.15, 0.2) is 0 Å². The molecule has 0 saturated carbocycles. The number of hydrogen-bond donors (Lipinski definition) is 2. The summed E-state index contributed by atoms with van der Waals surface area (Å²) in [5, 5.41) is 10.2. The number of sulfonamides is 1. The molecule has 0 saturated heterocycles. The Balaban J connectivity index is 2.66. The van der Waals surface area contributed by atoms with E-state index in [-0.39, 0.29) is 16.2 Å². The summed E-state index contributed by atoms with van der Waals surface area (Å²) in [5.74, 6) is 0. The molecule has 1 aromatic rings. The van der Waals surface area contributed by atoms with Gasteiger partial charge in [-0.15, -0.1) is 11.3 Å². The topological polar surface area (TPSA) is 66.4 Å². The third-order valence-corrected chi connectivity index (χ3v) is 6.62. The normalized spacial score (nSPS) is 14.6. The number of rotatable bonds is 5. The number of nitrogens with one attached hydrogen (secondary N) is 1. The zero-order valence-electron chi connectivity index (χ0n) is 10.9. The first-order valence-electron chi connectivity index (χ1n) is 5.64. The monoisotopic (exact) mass is 389 g/mol. The van der Waals surface area contributed by atoms with Crippen LogP contribution in [-0.4, -0.2) is 26.2 Å². The Labute approximate surface area is 131 Å². The van der Waals surface area contributed by atoms with Crippen LogP contribution in [0.3, 0.4) is 0 Å². The van der Waals surface area contributed by atoms with E-state index in [1.165, 1.54) is 6.07 Å². The first-order chi connectivity index (χ1) is 8.51. The molecule has 0 aromatic carbocycles. The van der Waals surface area contributed by atoms with E-state index in [0.717, 1.165) is 11.3 Å². The second-order valence-corrected chi connectivity index (χ2v) is 10.2. The van der Waals surface area contributed by atoms with Crippen molar-refractivity contribution < 1.29 is 13.5 Å². The Bertz CT molecular complexity index is 517. The van der Waals surface area contributed by atoms with Crippen molar-refractivity contribution in [2.24, 2.45) is 5.41 Å². The average molecular weight is 391 g/mol. The summed E-state index contributed by atoms with van der Waals surface area (Å²) in [7, 11) is -3.62. The Morgan fingerprint density at radius 3 is 2.53 bits per heavy atom. The highest BCUT2D eigenvalue weighted by Gasteiger charge is 2.22. The second kappa shape index (κ2) is 6.41. The molecule has 110 valence electrons. The maximum Gasteiger partial charge on any atom is 0.250 e. The van der Waals surface area contributed by atoms with Crippen molar-refractivity contribution in [1.82, 2.24) is 4.72 Å². The predicted molar refractivity (Wildman–Crippen MR) is 82.3 cm³/mol. The van der Waals surface area contributed by atoms with Crippen molar-refractivity contribution in [2.75, 3.05) is 6.54 Å². The van der Waals surface area contributed by atoms with E-state index in [9.17, 15) is 13.5 Å². The average Bonchev–Trinajstić information content (AvgIpc) is 2.55.